The molecule has 0 saturated carbocycles. The third-order valence-electron chi connectivity index (χ3n) is 3.86. The topological polar surface area (TPSA) is 80.0 Å². The second-order valence-electron chi connectivity index (χ2n) is 5.54. The molecule has 0 aliphatic carbocycles. The van der Waals surface area contributed by atoms with Crippen molar-refractivity contribution in [3.63, 3.8) is 0 Å². The lowest BCUT2D eigenvalue weighted by atomic mass is 10.0. The van der Waals surface area contributed by atoms with Crippen LogP contribution in [0.1, 0.15) is 29.9 Å². The fourth-order valence-corrected chi connectivity index (χ4v) is 2.58. The van der Waals surface area contributed by atoms with Crippen LogP contribution < -0.4 is 5.32 Å². The van der Waals surface area contributed by atoms with Crippen LogP contribution >= 0.6 is 0 Å². The molecule has 112 valence electrons. The van der Waals surface area contributed by atoms with Crippen molar-refractivity contribution in [2.75, 3.05) is 18.4 Å². The summed E-state index contributed by atoms with van der Waals surface area (Å²) in [4.78, 5) is 10.8. The molecule has 0 radical (unpaired) electrons. The first kappa shape index (κ1) is 13.9. The predicted molar refractivity (Wildman–Crippen MR) is 77.7 cm³/mol. The molecule has 0 atom stereocenters. The van der Waals surface area contributed by atoms with Crippen molar-refractivity contribution in [1.82, 2.24) is 25.2 Å². The zero-order chi connectivity index (χ0) is 14.7. The van der Waals surface area contributed by atoms with Crippen LogP contribution in [-0.4, -0.2) is 44.3 Å². The van der Waals surface area contributed by atoms with Crippen molar-refractivity contribution in [2.24, 2.45) is 0 Å². The van der Waals surface area contributed by atoms with Crippen LogP contribution in [0.4, 0.5) is 5.82 Å². The van der Waals surface area contributed by atoms with Gasteiger partial charge in [-0.25, -0.2) is 14.6 Å². The predicted octanol–water partition coefficient (Wildman–Crippen LogP) is 1.55. The number of nitrogens with zero attached hydrogens (tertiary/aromatic N) is 5. The van der Waals surface area contributed by atoms with Crippen molar-refractivity contribution >= 4 is 5.82 Å². The van der Waals surface area contributed by atoms with Gasteiger partial charge in [-0.2, -0.15) is 0 Å². The minimum Gasteiger partial charge on any atom is -0.367 e. The third kappa shape index (κ3) is 3.55. The zero-order valence-electron chi connectivity index (χ0n) is 12.4. The summed E-state index contributed by atoms with van der Waals surface area (Å²) in [5, 5.41) is 11.3. The zero-order valence-corrected chi connectivity index (χ0v) is 12.4. The van der Waals surface area contributed by atoms with Gasteiger partial charge < -0.3 is 5.32 Å². The van der Waals surface area contributed by atoms with Gasteiger partial charge in [0.05, 0.1) is 0 Å². The molecule has 7 nitrogen and oxygen atoms in total. The van der Waals surface area contributed by atoms with E-state index in [0.29, 0.717) is 6.04 Å². The van der Waals surface area contributed by atoms with E-state index >= 15 is 0 Å². The number of aromatic nitrogens is 4. The molecule has 7 heteroatoms. The van der Waals surface area contributed by atoms with Crippen molar-refractivity contribution < 1.29 is 4.63 Å². The molecule has 2 aromatic rings. The van der Waals surface area contributed by atoms with Gasteiger partial charge in [0.2, 0.25) is 0 Å². The summed E-state index contributed by atoms with van der Waals surface area (Å²) in [7, 11) is 0. The molecule has 1 aliphatic heterocycles. The fourth-order valence-electron chi connectivity index (χ4n) is 2.58. The van der Waals surface area contributed by atoms with E-state index in [-0.39, 0.29) is 0 Å². The summed E-state index contributed by atoms with van der Waals surface area (Å²) in [5.74, 6) is 0.914. The molecular weight excluding hydrogens is 268 g/mol. The summed E-state index contributed by atoms with van der Waals surface area (Å²) in [6, 6.07) is 2.45. The van der Waals surface area contributed by atoms with E-state index in [0.717, 1.165) is 55.4 Å². The Balaban J connectivity index is 1.50. The largest absolute Gasteiger partial charge is 0.367 e. The highest BCUT2D eigenvalue weighted by atomic mass is 16.6. The first-order valence-electron chi connectivity index (χ1n) is 7.26. The van der Waals surface area contributed by atoms with Gasteiger partial charge in [0.1, 0.15) is 23.5 Å². The van der Waals surface area contributed by atoms with Gasteiger partial charge in [0.15, 0.2) is 0 Å². The average Bonchev–Trinajstić information content (AvgIpc) is 2.87. The molecule has 0 aromatic carbocycles. The summed E-state index contributed by atoms with van der Waals surface area (Å²) < 4.78 is 4.74. The standard InChI is InChI=1S/C14H20N6O/c1-10-7-14(16-9-15-10)17-12-3-5-20(6-4-12)8-13-11(2)18-21-19-13/h7,9,12H,3-6,8H2,1-2H3,(H,15,16,17). The van der Waals surface area contributed by atoms with E-state index in [2.05, 4.69) is 30.5 Å². The lowest BCUT2D eigenvalue weighted by Gasteiger charge is -2.32. The van der Waals surface area contributed by atoms with E-state index < -0.39 is 0 Å². The maximum Gasteiger partial charge on any atom is 0.129 e. The molecule has 3 rings (SSSR count). The van der Waals surface area contributed by atoms with Crippen LogP contribution in [0.2, 0.25) is 0 Å². The van der Waals surface area contributed by atoms with Crippen LogP contribution in [-0.2, 0) is 6.54 Å². The fraction of sp³-hybridized carbons (Fsp3) is 0.571. The Bertz CT molecular complexity index is 591. The summed E-state index contributed by atoms with van der Waals surface area (Å²) in [6.45, 7) is 6.79. The Morgan fingerprint density at radius 3 is 2.71 bits per heavy atom. The van der Waals surface area contributed by atoms with Crippen LogP contribution in [0.3, 0.4) is 0 Å². The molecule has 1 aliphatic rings. The monoisotopic (exact) mass is 288 g/mol. The van der Waals surface area contributed by atoms with Crippen molar-refractivity contribution in [3.05, 3.63) is 29.5 Å². The lowest BCUT2D eigenvalue weighted by molar-refractivity contribution is 0.204. The number of anilines is 1. The SMILES string of the molecule is Cc1cc(NC2CCN(Cc3nonc3C)CC2)ncn1. The number of nitrogens with one attached hydrogen (secondary N) is 1. The number of rotatable bonds is 4. The summed E-state index contributed by atoms with van der Waals surface area (Å²) in [6.07, 6.45) is 3.79. The molecule has 0 bridgehead atoms. The first-order valence-corrected chi connectivity index (χ1v) is 7.26. The van der Waals surface area contributed by atoms with Gasteiger partial charge in [0, 0.05) is 37.4 Å². The van der Waals surface area contributed by atoms with Gasteiger partial charge in [-0.3, -0.25) is 4.90 Å². The second kappa shape index (κ2) is 6.17. The molecule has 21 heavy (non-hydrogen) atoms. The van der Waals surface area contributed by atoms with Gasteiger partial charge in [-0.15, -0.1) is 0 Å². The number of likely N-dealkylation sites (tertiary alicyclic amines) is 1. The number of aryl methyl sites for hydroxylation is 2. The van der Waals surface area contributed by atoms with E-state index in [9.17, 15) is 0 Å². The smallest absolute Gasteiger partial charge is 0.129 e. The van der Waals surface area contributed by atoms with E-state index in [1.165, 1.54) is 0 Å². The van der Waals surface area contributed by atoms with Gasteiger partial charge in [-0.1, -0.05) is 10.3 Å². The molecule has 1 saturated heterocycles. The number of hydrogen-bond donors (Lipinski definition) is 1. The van der Waals surface area contributed by atoms with Gasteiger partial charge in [-0.05, 0) is 26.7 Å². The minimum atomic E-state index is 0.465. The molecule has 1 fully saturated rings. The summed E-state index contributed by atoms with van der Waals surface area (Å²) >= 11 is 0. The Kier molecular flexibility index (Phi) is 4.10. The highest BCUT2D eigenvalue weighted by Gasteiger charge is 2.21. The van der Waals surface area contributed by atoms with Crippen molar-refractivity contribution in [2.45, 2.75) is 39.3 Å². The van der Waals surface area contributed by atoms with Crippen LogP contribution in [0.25, 0.3) is 0 Å². The van der Waals surface area contributed by atoms with E-state index in [1.54, 1.807) is 6.33 Å². The van der Waals surface area contributed by atoms with Crippen molar-refractivity contribution in [1.29, 1.82) is 0 Å². The Labute approximate surface area is 123 Å². The lowest BCUT2D eigenvalue weighted by Crippen LogP contribution is -2.39. The average molecular weight is 288 g/mol. The Morgan fingerprint density at radius 1 is 1.24 bits per heavy atom. The molecular formula is C14H20N6O. The van der Waals surface area contributed by atoms with E-state index in [4.69, 9.17) is 4.63 Å². The maximum atomic E-state index is 4.74. The van der Waals surface area contributed by atoms with Crippen molar-refractivity contribution in [3.8, 4) is 0 Å². The quantitative estimate of drug-likeness (QED) is 0.914. The molecule has 3 heterocycles. The normalized spacial score (nSPS) is 17.0. The molecule has 2 aromatic heterocycles. The minimum absolute atomic E-state index is 0.465. The Hall–Kier alpha value is -2.02. The third-order valence-corrected chi connectivity index (χ3v) is 3.86. The maximum absolute atomic E-state index is 4.74. The van der Waals surface area contributed by atoms with Gasteiger partial charge >= 0.3 is 0 Å². The number of hydrogen-bond acceptors (Lipinski definition) is 7. The molecule has 0 unspecified atom stereocenters. The van der Waals surface area contributed by atoms with Crippen LogP contribution in [0, 0.1) is 13.8 Å². The Morgan fingerprint density at radius 2 is 2.05 bits per heavy atom. The van der Waals surface area contributed by atoms with Gasteiger partial charge in [0.25, 0.3) is 0 Å². The molecule has 1 N–H and O–H groups in total. The second-order valence-corrected chi connectivity index (χ2v) is 5.54. The van der Waals surface area contributed by atoms with Crippen LogP contribution in [0.5, 0.6) is 0 Å². The number of piperidine rings is 1. The first-order chi connectivity index (χ1) is 10.2. The highest BCUT2D eigenvalue weighted by Crippen LogP contribution is 2.17. The molecule has 0 spiro atoms. The van der Waals surface area contributed by atoms with E-state index in [1.807, 2.05) is 19.9 Å². The summed E-state index contributed by atoms with van der Waals surface area (Å²) in [5.41, 5.74) is 2.80. The highest BCUT2D eigenvalue weighted by molar-refractivity contribution is 5.35. The molecule has 0 amide bonds. The van der Waals surface area contributed by atoms with Crippen LogP contribution in [0.15, 0.2) is 17.0 Å².